The number of amides is 2. The van der Waals surface area contributed by atoms with Gasteiger partial charge >= 0.3 is 12.1 Å². The molecule has 3 heterocycles. The summed E-state index contributed by atoms with van der Waals surface area (Å²) in [5.74, 6) is -0.680. The normalized spacial score (nSPS) is 15.6. The minimum absolute atomic E-state index is 0.198. The van der Waals surface area contributed by atoms with E-state index >= 15 is 0 Å². The number of rotatable bonds is 8. The summed E-state index contributed by atoms with van der Waals surface area (Å²) in [4.78, 5) is 47.5. The highest BCUT2D eigenvalue weighted by atomic mass is 32.1. The summed E-state index contributed by atoms with van der Waals surface area (Å²) in [6, 6.07) is 11.1. The van der Waals surface area contributed by atoms with E-state index in [2.05, 4.69) is 22.1 Å². The molecular formula is C30H39N5O5S. The molecular weight excluding hydrogens is 542 g/mol. The smallest absolute Gasteiger partial charge is 0.411 e. The number of benzene rings is 1. The number of esters is 1. The van der Waals surface area contributed by atoms with Crippen molar-refractivity contribution < 1.29 is 23.9 Å². The number of thiophene rings is 1. The van der Waals surface area contributed by atoms with Crippen LogP contribution in [0.2, 0.25) is 0 Å². The van der Waals surface area contributed by atoms with Gasteiger partial charge in [-0.2, -0.15) is 0 Å². The molecule has 0 radical (unpaired) electrons. The predicted octanol–water partition coefficient (Wildman–Crippen LogP) is 4.40. The van der Waals surface area contributed by atoms with Crippen molar-refractivity contribution in [1.82, 2.24) is 15.2 Å². The largest absolute Gasteiger partial charge is 0.467 e. The second-order valence-electron chi connectivity index (χ2n) is 11.1. The zero-order chi connectivity index (χ0) is 29.7. The molecule has 1 aliphatic heterocycles. The van der Waals surface area contributed by atoms with E-state index in [-0.39, 0.29) is 5.91 Å². The topological polar surface area (TPSA) is 127 Å². The van der Waals surface area contributed by atoms with E-state index < -0.39 is 23.7 Å². The van der Waals surface area contributed by atoms with E-state index in [1.165, 1.54) is 23.3 Å². The monoisotopic (exact) mass is 581 g/mol. The van der Waals surface area contributed by atoms with Gasteiger partial charge in [0.2, 0.25) is 0 Å². The van der Waals surface area contributed by atoms with Gasteiger partial charge in [0, 0.05) is 42.9 Å². The number of aryl methyl sites for hydroxylation is 1. The van der Waals surface area contributed by atoms with Crippen LogP contribution in [-0.2, 0) is 27.1 Å². The summed E-state index contributed by atoms with van der Waals surface area (Å²) in [5, 5.41) is 3.79. The van der Waals surface area contributed by atoms with Crippen molar-refractivity contribution in [2.45, 2.75) is 58.6 Å². The number of carbonyl (C=O) groups excluding carboxylic acids is 3. The van der Waals surface area contributed by atoms with Gasteiger partial charge in [-0.1, -0.05) is 25.5 Å². The van der Waals surface area contributed by atoms with Crippen molar-refractivity contribution in [2.75, 3.05) is 43.9 Å². The van der Waals surface area contributed by atoms with Crippen LogP contribution in [0, 0.1) is 0 Å². The van der Waals surface area contributed by atoms with Crippen molar-refractivity contribution in [3.8, 4) is 0 Å². The number of anilines is 2. The fraction of sp³-hybridized carbons (Fsp3) is 0.467. The number of hydrogen-bond acceptors (Lipinski definition) is 9. The van der Waals surface area contributed by atoms with Crippen LogP contribution < -0.4 is 16.0 Å². The first-order valence-corrected chi connectivity index (χ1v) is 14.7. The molecule has 0 spiro atoms. The Morgan fingerprint density at radius 1 is 1.10 bits per heavy atom. The van der Waals surface area contributed by atoms with Crippen molar-refractivity contribution in [2.24, 2.45) is 0 Å². The molecule has 3 aromatic rings. The van der Waals surface area contributed by atoms with E-state index in [1.807, 2.05) is 36.4 Å². The van der Waals surface area contributed by atoms with Crippen LogP contribution in [0.1, 0.15) is 55.0 Å². The fourth-order valence-electron chi connectivity index (χ4n) is 4.77. The van der Waals surface area contributed by atoms with Crippen molar-refractivity contribution in [1.29, 1.82) is 0 Å². The summed E-state index contributed by atoms with van der Waals surface area (Å²) < 4.78 is 10.5. The summed E-state index contributed by atoms with van der Waals surface area (Å²) in [5.41, 5.74) is 9.07. The first-order valence-electron chi connectivity index (χ1n) is 13.9. The molecule has 1 atom stereocenters. The van der Waals surface area contributed by atoms with E-state index in [4.69, 9.17) is 15.2 Å². The predicted molar refractivity (Wildman–Crippen MR) is 161 cm³/mol. The average Bonchev–Trinajstić information content (AvgIpc) is 3.27. The van der Waals surface area contributed by atoms with Crippen LogP contribution in [0.4, 0.5) is 16.2 Å². The second kappa shape index (κ2) is 12.8. The van der Waals surface area contributed by atoms with E-state index in [1.54, 1.807) is 20.8 Å². The molecule has 2 amide bonds. The zero-order valence-corrected chi connectivity index (χ0v) is 25.2. The maximum absolute atomic E-state index is 12.9. The van der Waals surface area contributed by atoms with E-state index in [0.717, 1.165) is 40.0 Å². The number of nitrogens with one attached hydrogen (secondary N) is 1. The molecule has 11 heteroatoms. The Morgan fingerprint density at radius 3 is 2.49 bits per heavy atom. The third-order valence-corrected chi connectivity index (χ3v) is 7.96. The van der Waals surface area contributed by atoms with Crippen LogP contribution in [0.25, 0.3) is 10.2 Å². The lowest BCUT2D eigenvalue weighted by Gasteiger charge is -2.41. The third-order valence-electron chi connectivity index (χ3n) is 6.85. The Morgan fingerprint density at radius 2 is 1.83 bits per heavy atom. The number of methoxy groups -OCH3 is 1. The summed E-state index contributed by atoms with van der Waals surface area (Å²) >= 11 is 1.33. The SMILES string of the molecule is CCCc1ccc2c(N)c(C(=O)NCCc3ccc(N4CCN(C(=O)OC(C)(C)C)[C@@H](C(=O)OC)C4)cc3)sc2n1. The fourth-order valence-corrected chi connectivity index (χ4v) is 5.80. The number of nitrogen functional groups attached to an aromatic ring is 1. The van der Waals surface area contributed by atoms with Gasteiger partial charge in [-0.05, 0) is 63.4 Å². The number of carbonyl (C=O) groups is 3. The number of ether oxygens (including phenoxy) is 2. The highest BCUT2D eigenvalue weighted by Gasteiger charge is 2.38. The molecule has 41 heavy (non-hydrogen) atoms. The standard InChI is InChI=1S/C30H39N5O5S/c1-6-7-20-10-13-22-24(31)25(41-27(22)33-20)26(36)32-15-14-19-8-11-21(12-9-19)34-16-17-35(23(18-34)28(37)39-5)29(38)40-30(2,3)4/h8-13,23H,6-7,14-18,31H2,1-5H3,(H,32,36)/t23-/m1/s1. The van der Waals surface area contributed by atoms with Crippen molar-refractivity contribution >= 4 is 50.9 Å². The van der Waals surface area contributed by atoms with Crippen molar-refractivity contribution in [3.05, 3.63) is 52.5 Å². The van der Waals surface area contributed by atoms with Crippen LogP contribution in [-0.4, -0.2) is 72.8 Å². The first-order chi connectivity index (χ1) is 19.5. The molecule has 220 valence electrons. The van der Waals surface area contributed by atoms with E-state index in [0.29, 0.717) is 43.2 Å². The van der Waals surface area contributed by atoms with Gasteiger partial charge in [0.1, 0.15) is 15.3 Å². The van der Waals surface area contributed by atoms with Crippen LogP contribution >= 0.6 is 11.3 Å². The highest BCUT2D eigenvalue weighted by molar-refractivity contribution is 7.21. The molecule has 0 aliphatic carbocycles. The minimum atomic E-state index is -0.770. The first kappa shape index (κ1) is 30.1. The van der Waals surface area contributed by atoms with Gasteiger partial charge < -0.3 is 25.4 Å². The number of nitrogens with two attached hydrogens (primary N) is 1. The molecule has 1 saturated heterocycles. The number of piperazine rings is 1. The Kier molecular flexibility index (Phi) is 9.37. The lowest BCUT2D eigenvalue weighted by atomic mass is 10.1. The lowest BCUT2D eigenvalue weighted by molar-refractivity contribution is -0.147. The molecule has 10 nitrogen and oxygen atoms in total. The molecule has 1 aliphatic rings. The number of hydrogen-bond donors (Lipinski definition) is 2. The molecule has 0 saturated carbocycles. The molecule has 1 aromatic carbocycles. The molecule has 4 rings (SSSR count). The Labute approximate surface area is 244 Å². The number of pyridine rings is 1. The number of aromatic nitrogens is 1. The molecule has 1 fully saturated rings. The Bertz CT molecular complexity index is 1400. The minimum Gasteiger partial charge on any atom is -0.467 e. The quantitative estimate of drug-likeness (QED) is 0.375. The van der Waals surface area contributed by atoms with Gasteiger partial charge in [0.15, 0.2) is 6.04 Å². The highest BCUT2D eigenvalue weighted by Crippen LogP contribution is 2.32. The van der Waals surface area contributed by atoms with Gasteiger partial charge in [-0.15, -0.1) is 11.3 Å². The van der Waals surface area contributed by atoms with Gasteiger partial charge in [0.05, 0.1) is 12.8 Å². The average molecular weight is 582 g/mol. The maximum atomic E-state index is 12.9. The summed E-state index contributed by atoms with van der Waals surface area (Å²) in [6.07, 6.45) is 2.02. The van der Waals surface area contributed by atoms with Crippen LogP contribution in [0.5, 0.6) is 0 Å². The molecule has 0 unspecified atom stereocenters. The maximum Gasteiger partial charge on any atom is 0.411 e. The number of fused-ring (bicyclic) bond motifs is 1. The van der Waals surface area contributed by atoms with Crippen molar-refractivity contribution in [3.63, 3.8) is 0 Å². The molecule has 0 bridgehead atoms. The van der Waals surface area contributed by atoms with Gasteiger partial charge in [0.25, 0.3) is 5.91 Å². The second-order valence-corrected chi connectivity index (χ2v) is 12.1. The van der Waals surface area contributed by atoms with Crippen LogP contribution in [0.3, 0.4) is 0 Å². The van der Waals surface area contributed by atoms with Gasteiger partial charge in [-0.3, -0.25) is 9.69 Å². The lowest BCUT2D eigenvalue weighted by Crippen LogP contribution is -2.59. The van der Waals surface area contributed by atoms with E-state index in [9.17, 15) is 14.4 Å². The summed E-state index contributed by atoms with van der Waals surface area (Å²) in [7, 11) is 1.32. The summed E-state index contributed by atoms with van der Waals surface area (Å²) in [6.45, 7) is 9.12. The Hall–Kier alpha value is -3.86. The van der Waals surface area contributed by atoms with Gasteiger partial charge in [-0.25, -0.2) is 14.6 Å². The van der Waals surface area contributed by atoms with Crippen LogP contribution in [0.15, 0.2) is 36.4 Å². The third kappa shape index (κ3) is 7.27. The Balaban J connectivity index is 1.34. The molecule has 3 N–H and O–H groups in total. The number of nitrogens with zero attached hydrogens (tertiary/aromatic N) is 3. The zero-order valence-electron chi connectivity index (χ0n) is 24.4. The molecule has 2 aromatic heterocycles.